The molecule has 0 fully saturated rings. The van der Waals surface area contributed by atoms with E-state index in [1.54, 1.807) is 0 Å². The van der Waals surface area contributed by atoms with Crippen molar-refractivity contribution < 1.29 is 4.84 Å². The Balaban J connectivity index is 4.52. The van der Waals surface area contributed by atoms with Crippen molar-refractivity contribution in [3.8, 4) is 0 Å². The minimum atomic E-state index is 0.100. The molecule has 0 heterocycles. The largest absolute Gasteiger partial charge is 0.393 e. The summed E-state index contributed by atoms with van der Waals surface area (Å²) in [7, 11) is 0. The van der Waals surface area contributed by atoms with Gasteiger partial charge in [-0.05, 0) is 19.8 Å². The Morgan fingerprint density at radius 2 is 1.54 bits per heavy atom. The molecule has 0 saturated heterocycles. The lowest BCUT2D eigenvalue weighted by Gasteiger charge is -2.24. The number of hydrogen-bond donors (Lipinski definition) is 0. The molecule has 0 amide bonds. The smallest absolute Gasteiger partial charge is 0.122 e. The monoisotopic (exact) mass is 185 g/mol. The topological polar surface area (TPSA) is 21.6 Å². The van der Waals surface area contributed by atoms with Crippen molar-refractivity contribution >= 4 is 5.71 Å². The second kappa shape index (κ2) is 4.64. The molecule has 0 bridgehead atoms. The number of hydrogen-bond acceptors (Lipinski definition) is 2. The zero-order chi connectivity index (χ0) is 10.6. The Kier molecular flexibility index (Phi) is 4.45. The van der Waals surface area contributed by atoms with E-state index in [1.807, 2.05) is 13.8 Å². The molecule has 0 spiro atoms. The van der Waals surface area contributed by atoms with Gasteiger partial charge in [0.2, 0.25) is 0 Å². The highest BCUT2D eigenvalue weighted by Crippen LogP contribution is 2.22. The van der Waals surface area contributed by atoms with Crippen LogP contribution < -0.4 is 0 Å². The van der Waals surface area contributed by atoms with Gasteiger partial charge in [-0.1, -0.05) is 39.8 Å². The molecule has 0 aliphatic rings. The first kappa shape index (κ1) is 12.5. The summed E-state index contributed by atoms with van der Waals surface area (Å²) in [5.74, 6) is 0.443. The van der Waals surface area contributed by atoms with Crippen molar-refractivity contribution in [3.63, 3.8) is 0 Å². The van der Waals surface area contributed by atoms with Gasteiger partial charge in [0.05, 0.1) is 5.71 Å². The Bertz CT molecular complexity index is 175. The standard InChI is InChI=1S/C11H23NO/c1-8(2)10(11(5,6)7)12-13-9(3)4/h8-9H,1-7H3/b12-10+. The summed E-state index contributed by atoms with van der Waals surface area (Å²) in [6, 6.07) is 0. The molecule has 0 aromatic carbocycles. The Morgan fingerprint density at radius 3 is 1.77 bits per heavy atom. The van der Waals surface area contributed by atoms with Crippen LogP contribution >= 0.6 is 0 Å². The van der Waals surface area contributed by atoms with Gasteiger partial charge in [-0.3, -0.25) is 0 Å². The molecule has 0 N–H and O–H groups in total. The number of nitrogens with zero attached hydrogens (tertiary/aromatic N) is 1. The van der Waals surface area contributed by atoms with Crippen LogP contribution in [0.5, 0.6) is 0 Å². The first-order valence-electron chi connectivity index (χ1n) is 4.99. The molecular formula is C11H23NO. The van der Waals surface area contributed by atoms with Gasteiger partial charge in [0.25, 0.3) is 0 Å². The quantitative estimate of drug-likeness (QED) is 0.487. The van der Waals surface area contributed by atoms with Crippen molar-refractivity contribution in [1.82, 2.24) is 0 Å². The summed E-state index contributed by atoms with van der Waals surface area (Å²) in [5, 5.41) is 4.21. The summed E-state index contributed by atoms with van der Waals surface area (Å²) in [4.78, 5) is 5.28. The lowest BCUT2D eigenvalue weighted by atomic mass is 9.84. The second-order valence-corrected chi connectivity index (χ2v) is 5.04. The Morgan fingerprint density at radius 1 is 1.08 bits per heavy atom. The molecule has 0 aliphatic heterocycles. The highest BCUT2D eigenvalue weighted by Gasteiger charge is 2.22. The first-order chi connectivity index (χ1) is 5.75. The van der Waals surface area contributed by atoms with Gasteiger partial charge in [-0.15, -0.1) is 0 Å². The van der Waals surface area contributed by atoms with Crippen LogP contribution in [-0.4, -0.2) is 11.8 Å². The van der Waals surface area contributed by atoms with E-state index in [-0.39, 0.29) is 11.5 Å². The molecule has 0 aromatic heterocycles. The highest BCUT2D eigenvalue weighted by molar-refractivity contribution is 5.90. The van der Waals surface area contributed by atoms with E-state index in [9.17, 15) is 0 Å². The van der Waals surface area contributed by atoms with Crippen LogP contribution in [0.4, 0.5) is 0 Å². The highest BCUT2D eigenvalue weighted by atomic mass is 16.6. The van der Waals surface area contributed by atoms with Gasteiger partial charge in [0.1, 0.15) is 6.10 Å². The summed E-state index contributed by atoms with van der Waals surface area (Å²) >= 11 is 0. The molecule has 0 aliphatic carbocycles. The minimum absolute atomic E-state index is 0.100. The van der Waals surface area contributed by atoms with Crippen LogP contribution in [0.2, 0.25) is 0 Å². The maximum Gasteiger partial charge on any atom is 0.122 e. The number of oxime groups is 1. The van der Waals surface area contributed by atoms with Crippen LogP contribution in [0.3, 0.4) is 0 Å². The number of rotatable bonds is 3. The van der Waals surface area contributed by atoms with Crippen LogP contribution in [0.1, 0.15) is 48.5 Å². The fraction of sp³-hybridized carbons (Fsp3) is 0.909. The van der Waals surface area contributed by atoms with E-state index >= 15 is 0 Å². The summed E-state index contributed by atoms with van der Waals surface area (Å²) < 4.78 is 0. The van der Waals surface area contributed by atoms with Crippen molar-refractivity contribution in [2.45, 2.75) is 54.6 Å². The predicted molar refractivity (Wildman–Crippen MR) is 57.9 cm³/mol. The average molecular weight is 185 g/mol. The van der Waals surface area contributed by atoms with Crippen LogP contribution in [0.25, 0.3) is 0 Å². The second-order valence-electron chi connectivity index (χ2n) is 5.04. The summed E-state index contributed by atoms with van der Waals surface area (Å²) in [6.07, 6.45) is 0.163. The molecule has 13 heavy (non-hydrogen) atoms. The van der Waals surface area contributed by atoms with Gasteiger partial charge < -0.3 is 4.84 Å². The van der Waals surface area contributed by atoms with Gasteiger partial charge in [0, 0.05) is 5.41 Å². The molecule has 0 saturated carbocycles. The van der Waals surface area contributed by atoms with E-state index in [0.29, 0.717) is 5.92 Å². The third-order valence-corrected chi connectivity index (χ3v) is 1.68. The third-order valence-electron chi connectivity index (χ3n) is 1.68. The zero-order valence-corrected chi connectivity index (χ0v) is 10.0. The molecule has 0 aromatic rings. The van der Waals surface area contributed by atoms with Crippen LogP contribution in [0.15, 0.2) is 5.16 Å². The van der Waals surface area contributed by atoms with Gasteiger partial charge >= 0.3 is 0 Å². The maximum atomic E-state index is 5.28. The van der Waals surface area contributed by atoms with Crippen LogP contribution in [-0.2, 0) is 4.84 Å². The molecular weight excluding hydrogens is 162 g/mol. The van der Waals surface area contributed by atoms with E-state index in [2.05, 4.69) is 39.8 Å². The third kappa shape index (κ3) is 4.91. The van der Waals surface area contributed by atoms with E-state index in [4.69, 9.17) is 4.84 Å². The van der Waals surface area contributed by atoms with Crippen molar-refractivity contribution in [1.29, 1.82) is 0 Å². The van der Waals surface area contributed by atoms with Gasteiger partial charge in [-0.2, -0.15) is 0 Å². The van der Waals surface area contributed by atoms with Crippen molar-refractivity contribution in [2.75, 3.05) is 0 Å². The SMILES string of the molecule is CC(C)O/N=C(\C(C)C)C(C)(C)C. The first-order valence-corrected chi connectivity index (χ1v) is 4.99. The van der Waals surface area contributed by atoms with Crippen molar-refractivity contribution in [3.05, 3.63) is 0 Å². The van der Waals surface area contributed by atoms with E-state index in [1.165, 1.54) is 0 Å². The Labute approximate surface area is 82.4 Å². The molecule has 0 atom stereocenters. The minimum Gasteiger partial charge on any atom is -0.393 e. The van der Waals surface area contributed by atoms with E-state index < -0.39 is 0 Å². The fourth-order valence-corrected chi connectivity index (χ4v) is 1.27. The molecule has 0 radical (unpaired) electrons. The molecule has 0 unspecified atom stereocenters. The predicted octanol–water partition coefficient (Wildman–Crippen LogP) is 3.47. The Hall–Kier alpha value is -0.530. The lowest BCUT2D eigenvalue weighted by molar-refractivity contribution is 0.0824. The molecule has 78 valence electrons. The lowest BCUT2D eigenvalue weighted by Crippen LogP contribution is -2.26. The molecule has 2 heteroatoms. The van der Waals surface area contributed by atoms with Crippen molar-refractivity contribution in [2.24, 2.45) is 16.5 Å². The van der Waals surface area contributed by atoms with Crippen LogP contribution in [0, 0.1) is 11.3 Å². The molecule has 0 rings (SSSR count). The maximum absolute atomic E-state index is 5.28. The summed E-state index contributed by atoms with van der Waals surface area (Å²) in [6.45, 7) is 14.8. The average Bonchev–Trinajstić information content (AvgIpc) is 1.81. The van der Waals surface area contributed by atoms with Gasteiger partial charge in [-0.25, -0.2) is 0 Å². The molecule has 2 nitrogen and oxygen atoms in total. The zero-order valence-electron chi connectivity index (χ0n) is 10.0. The summed E-state index contributed by atoms with van der Waals surface area (Å²) in [5.41, 5.74) is 1.23. The fourth-order valence-electron chi connectivity index (χ4n) is 1.27. The van der Waals surface area contributed by atoms with E-state index in [0.717, 1.165) is 5.71 Å². The van der Waals surface area contributed by atoms with Gasteiger partial charge in [0.15, 0.2) is 0 Å². The normalized spacial score (nSPS) is 14.1.